The minimum atomic E-state index is -0.248. The SMILES string of the molecule is CC(Sc1nnc(-c2ccco2)n1C1CCCCC1)C(=O)N1CCCc2ccccc21. The largest absolute Gasteiger partial charge is 0.461 e. The van der Waals surface area contributed by atoms with Gasteiger partial charge in [-0.15, -0.1) is 10.2 Å². The first-order valence-electron chi connectivity index (χ1n) is 11.3. The summed E-state index contributed by atoms with van der Waals surface area (Å²) >= 11 is 1.51. The van der Waals surface area contributed by atoms with Crippen molar-refractivity contribution in [3.8, 4) is 11.6 Å². The summed E-state index contributed by atoms with van der Waals surface area (Å²) in [7, 11) is 0. The minimum Gasteiger partial charge on any atom is -0.461 e. The van der Waals surface area contributed by atoms with Crippen LogP contribution in [0.5, 0.6) is 0 Å². The number of hydrogen-bond acceptors (Lipinski definition) is 5. The van der Waals surface area contributed by atoms with E-state index in [0.29, 0.717) is 6.04 Å². The highest BCUT2D eigenvalue weighted by Gasteiger charge is 2.30. The molecule has 7 heteroatoms. The van der Waals surface area contributed by atoms with E-state index in [1.807, 2.05) is 36.1 Å². The second-order valence-electron chi connectivity index (χ2n) is 8.43. The summed E-state index contributed by atoms with van der Waals surface area (Å²) in [6, 6.07) is 12.4. The summed E-state index contributed by atoms with van der Waals surface area (Å²) in [4.78, 5) is 15.4. The van der Waals surface area contributed by atoms with Crippen molar-refractivity contribution >= 4 is 23.4 Å². The van der Waals surface area contributed by atoms with E-state index in [-0.39, 0.29) is 11.2 Å². The summed E-state index contributed by atoms with van der Waals surface area (Å²) in [5.41, 5.74) is 2.31. The molecule has 0 spiro atoms. The molecule has 0 saturated heterocycles. The molecular weight excluding hydrogens is 408 g/mol. The lowest BCUT2D eigenvalue weighted by Gasteiger charge is -2.31. The van der Waals surface area contributed by atoms with Crippen LogP contribution in [-0.2, 0) is 11.2 Å². The fourth-order valence-corrected chi connectivity index (χ4v) is 5.77. The van der Waals surface area contributed by atoms with E-state index in [0.717, 1.165) is 54.7 Å². The molecule has 162 valence electrons. The number of furan rings is 1. The molecule has 2 aromatic heterocycles. The Morgan fingerprint density at radius 2 is 1.94 bits per heavy atom. The highest BCUT2D eigenvalue weighted by atomic mass is 32.2. The summed E-state index contributed by atoms with van der Waals surface area (Å²) in [5.74, 6) is 1.63. The van der Waals surface area contributed by atoms with Crippen molar-refractivity contribution in [2.45, 2.75) is 68.3 Å². The number of nitrogens with zero attached hydrogens (tertiary/aromatic N) is 4. The molecule has 2 aliphatic rings. The third-order valence-corrected chi connectivity index (χ3v) is 7.40. The Morgan fingerprint density at radius 3 is 2.74 bits per heavy atom. The van der Waals surface area contributed by atoms with Gasteiger partial charge >= 0.3 is 0 Å². The van der Waals surface area contributed by atoms with Crippen LogP contribution in [0.25, 0.3) is 11.6 Å². The van der Waals surface area contributed by atoms with Gasteiger partial charge in [-0.25, -0.2) is 0 Å². The third kappa shape index (κ3) is 4.03. The first kappa shape index (κ1) is 20.4. The number of aryl methyl sites for hydroxylation is 1. The molecule has 1 unspecified atom stereocenters. The summed E-state index contributed by atoms with van der Waals surface area (Å²) in [5, 5.41) is 9.53. The zero-order valence-corrected chi connectivity index (χ0v) is 18.7. The van der Waals surface area contributed by atoms with Crippen LogP contribution in [0.15, 0.2) is 52.2 Å². The number of carbonyl (C=O) groups excluding carboxylic acids is 1. The molecule has 1 fully saturated rings. The second-order valence-corrected chi connectivity index (χ2v) is 9.74. The van der Waals surface area contributed by atoms with Crippen LogP contribution >= 0.6 is 11.8 Å². The first-order valence-corrected chi connectivity index (χ1v) is 12.1. The van der Waals surface area contributed by atoms with Gasteiger partial charge in [0.1, 0.15) is 0 Å². The van der Waals surface area contributed by atoms with E-state index in [4.69, 9.17) is 4.42 Å². The van der Waals surface area contributed by atoms with Gasteiger partial charge in [-0.1, -0.05) is 49.2 Å². The maximum atomic E-state index is 13.4. The molecule has 0 N–H and O–H groups in total. The molecule has 3 heterocycles. The minimum absolute atomic E-state index is 0.134. The Hall–Kier alpha value is -2.54. The van der Waals surface area contributed by atoms with E-state index in [9.17, 15) is 4.79 Å². The molecule has 31 heavy (non-hydrogen) atoms. The van der Waals surface area contributed by atoms with Gasteiger partial charge in [-0.3, -0.25) is 9.36 Å². The Morgan fingerprint density at radius 1 is 1.10 bits per heavy atom. The van der Waals surface area contributed by atoms with Gasteiger partial charge in [0.15, 0.2) is 10.9 Å². The van der Waals surface area contributed by atoms with Gasteiger partial charge in [-0.05, 0) is 56.4 Å². The van der Waals surface area contributed by atoms with E-state index in [1.165, 1.54) is 36.6 Å². The van der Waals surface area contributed by atoms with Crippen molar-refractivity contribution in [3.63, 3.8) is 0 Å². The van der Waals surface area contributed by atoms with Gasteiger partial charge in [0.05, 0.1) is 11.5 Å². The number of aromatic nitrogens is 3. The van der Waals surface area contributed by atoms with Crippen LogP contribution in [0.1, 0.15) is 57.1 Å². The quantitative estimate of drug-likeness (QED) is 0.494. The van der Waals surface area contributed by atoms with Crippen LogP contribution in [0.4, 0.5) is 5.69 Å². The number of carbonyl (C=O) groups is 1. The first-order chi connectivity index (χ1) is 15.2. The molecular formula is C24H28N4O2S. The summed E-state index contributed by atoms with van der Waals surface area (Å²) in [6.07, 6.45) is 9.63. The maximum Gasteiger partial charge on any atom is 0.240 e. The normalized spacial score (nSPS) is 18.0. The second kappa shape index (κ2) is 8.91. The molecule has 6 nitrogen and oxygen atoms in total. The van der Waals surface area contributed by atoms with Crippen LogP contribution < -0.4 is 4.90 Å². The molecule has 1 aliphatic carbocycles. The van der Waals surface area contributed by atoms with Crippen molar-refractivity contribution in [1.82, 2.24) is 14.8 Å². The topological polar surface area (TPSA) is 64.2 Å². The Labute approximate surface area is 187 Å². The van der Waals surface area contributed by atoms with E-state index in [2.05, 4.69) is 26.9 Å². The fourth-order valence-electron chi connectivity index (χ4n) is 4.79. The lowest BCUT2D eigenvalue weighted by Crippen LogP contribution is -2.40. The predicted octanol–water partition coefficient (Wildman–Crippen LogP) is 5.50. The Kier molecular flexibility index (Phi) is 5.85. The highest BCUT2D eigenvalue weighted by Crippen LogP contribution is 2.37. The molecule has 1 atom stereocenters. The maximum absolute atomic E-state index is 13.4. The molecule has 0 radical (unpaired) electrons. The van der Waals surface area contributed by atoms with Crippen LogP contribution in [-0.4, -0.2) is 32.5 Å². The van der Waals surface area contributed by atoms with Gasteiger partial charge < -0.3 is 9.32 Å². The lowest BCUT2D eigenvalue weighted by molar-refractivity contribution is -0.117. The molecule has 1 saturated carbocycles. The van der Waals surface area contributed by atoms with Crippen molar-refractivity contribution in [3.05, 3.63) is 48.2 Å². The zero-order chi connectivity index (χ0) is 21.2. The van der Waals surface area contributed by atoms with Crippen LogP contribution in [0.3, 0.4) is 0 Å². The van der Waals surface area contributed by atoms with E-state index in [1.54, 1.807) is 6.26 Å². The standard InChI is InChI=1S/C24H28N4O2S/c1-17(23(29)27-15-7-10-18-9-5-6-13-20(18)27)31-24-26-25-22(21-14-8-16-30-21)28(24)19-11-3-2-4-12-19/h5-6,8-9,13-14,16-17,19H,2-4,7,10-12,15H2,1H3. The molecule has 0 bridgehead atoms. The monoisotopic (exact) mass is 436 g/mol. The average molecular weight is 437 g/mol. The van der Waals surface area contributed by atoms with Gasteiger partial charge in [0.2, 0.25) is 11.7 Å². The van der Waals surface area contributed by atoms with Crippen molar-refractivity contribution in [2.24, 2.45) is 0 Å². The van der Waals surface area contributed by atoms with Crippen molar-refractivity contribution in [2.75, 3.05) is 11.4 Å². The van der Waals surface area contributed by atoms with Gasteiger partial charge in [-0.2, -0.15) is 0 Å². The number of amides is 1. The number of hydrogen-bond donors (Lipinski definition) is 0. The van der Waals surface area contributed by atoms with Gasteiger partial charge in [0, 0.05) is 18.3 Å². The van der Waals surface area contributed by atoms with Crippen molar-refractivity contribution in [1.29, 1.82) is 0 Å². The average Bonchev–Trinajstić information content (AvgIpc) is 3.49. The van der Waals surface area contributed by atoms with E-state index < -0.39 is 0 Å². The number of benzene rings is 1. The summed E-state index contributed by atoms with van der Waals surface area (Å²) < 4.78 is 7.86. The van der Waals surface area contributed by atoms with Gasteiger partial charge in [0.25, 0.3) is 0 Å². The molecule has 5 rings (SSSR count). The third-order valence-electron chi connectivity index (χ3n) is 6.35. The Bertz CT molecular complexity index is 1040. The van der Waals surface area contributed by atoms with Crippen molar-refractivity contribution < 1.29 is 9.21 Å². The highest BCUT2D eigenvalue weighted by molar-refractivity contribution is 8.00. The number of thioether (sulfide) groups is 1. The smallest absolute Gasteiger partial charge is 0.240 e. The lowest BCUT2D eigenvalue weighted by atomic mass is 9.95. The van der Waals surface area contributed by atoms with Crippen LogP contribution in [0, 0.1) is 0 Å². The number of anilines is 1. The molecule has 3 aromatic rings. The predicted molar refractivity (Wildman–Crippen MR) is 122 cm³/mol. The number of fused-ring (bicyclic) bond motifs is 1. The molecule has 1 aliphatic heterocycles. The molecule has 1 aromatic carbocycles. The number of para-hydroxylation sites is 1. The van der Waals surface area contributed by atoms with Crippen LogP contribution in [0.2, 0.25) is 0 Å². The van der Waals surface area contributed by atoms with E-state index >= 15 is 0 Å². The Balaban J connectivity index is 1.41. The number of rotatable bonds is 5. The summed E-state index contributed by atoms with van der Waals surface area (Å²) in [6.45, 7) is 2.75. The molecule has 1 amide bonds. The zero-order valence-electron chi connectivity index (χ0n) is 17.9. The fraction of sp³-hybridized carbons (Fsp3) is 0.458.